The van der Waals surface area contributed by atoms with Gasteiger partial charge in [-0.15, -0.1) is 0 Å². The molecule has 1 saturated heterocycles. The minimum atomic E-state index is -2.57. The second-order valence-corrected chi connectivity index (χ2v) is 6.15. The standard InChI is InChI=1S/C16H16F2N2O/c17-16(18)8-20(9-16)7-10-5-6-13-14(15(10)21)11-3-1-2-4-12(11)19-13/h1-4,10,19H,5-9H2. The van der Waals surface area contributed by atoms with Gasteiger partial charge in [-0.3, -0.25) is 9.69 Å². The number of ketones is 1. The highest BCUT2D eigenvalue weighted by atomic mass is 19.3. The molecule has 1 aromatic heterocycles. The Morgan fingerprint density at radius 3 is 2.81 bits per heavy atom. The molecule has 0 amide bonds. The lowest BCUT2D eigenvalue weighted by atomic mass is 9.84. The van der Waals surface area contributed by atoms with E-state index < -0.39 is 5.92 Å². The van der Waals surface area contributed by atoms with Crippen molar-refractivity contribution in [2.75, 3.05) is 19.6 Å². The Kier molecular flexibility index (Phi) is 2.70. The molecule has 1 aliphatic heterocycles. The van der Waals surface area contributed by atoms with Gasteiger partial charge in [0.05, 0.1) is 13.1 Å². The van der Waals surface area contributed by atoms with E-state index in [1.807, 2.05) is 24.3 Å². The second kappa shape index (κ2) is 4.37. The molecular formula is C16H16F2N2O. The molecule has 1 unspecified atom stereocenters. The van der Waals surface area contributed by atoms with Crippen LogP contribution in [0.25, 0.3) is 10.9 Å². The molecule has 21 heavy (non-hydrogen) atoms. The first-order chi connectivity index (χ1) is 10.0. The third-order valence-corrected chi connectivity index (χ3v) is 4.53. The van der Waals surface area contributed by atoms with Gasteiger partial charge in [-0.05, 0) is 18.9 Å². The molecule has 1 fully saturated rings. The number of rotatable bonds is 2. The first-order valence-electron chi connectivity index (χ1n) is 7.27. The maximum absolute atomic E-state index is 12.9. The number of aromatic nitrogens is 1. The number of Topliss-reactive ketones (excluding diaryl/α,β-unsaturated/α-hetero) is 1. The molecule has 3 nitrogen and oxygen atoms in total. The van der Waals surface area contributed by atoms with E-state index in [1.54, 1.807) is 4.90 Å². The topological polar surface area (TPSA) is 36.1 Å². The monoisotopic (exact) mass is 290 g/mol. The lowest BCUT2D eigenvalue weighted by Crippen LogP contribution is -2.57. The number of halogens is 2. The van der Waals surface area contributed by atoms with Crippen LogP contribution >= 0.6 is 0 Å². The number of likely N-dealkylation sites (tertiary alicyclic amines) is 1. The van der Waals surface area contributed by atoms with Crippen LogP contribution in [0.5, 0.6) is 0 Å². The van der Waals surface area contributed by atoms with Gasteiger partial charge in [0, 0.05) is 34.6 Å². The van der Waals surface area contributed by atoms with Crippen LogP contribution in [0.3, 0.4) is 0 Å². The number of carbonyl (C=O) groups is 1. The minimum Gasteiger partial charge on any atom is -0.358 e. The number of aryl methyl sites for hydroxylation is 1. The molecule has 2 heterocycles. The van der Waals surface area contributed by atoms with E-state index in [4.69, 9.17) is 0 Å². The third kappa shape index (κ3) is 2.07. The van der Waals surface area contributed by atoms with Crippen molar-refractivity contribution in [2.45, 2.75) is 18.8 Å². The van der Waals surface area contributed by atoms with Gasteiger partial charge >= 0.3 is 0 Å². The fourth-order valence-corrected chi connectivity index (χ4v) is 3.54. The van der Waals surface area contributed by atoms with E-state index in [2.05, 4.69) is 4.98 Å². The van der Waals surface area contributed by atoms with Crippen molar-refractivity contribution in [3.63, 3.8) is 0 Å². The van der Waals surface area contributed by atoms with Crippen LogP contribution in [0.1, 0.15) is 22.5 Å². The number of carbonyl (C=O) groups excluding carboxylic acids is 1. The van der Waals surface area contributed by atoms with Crippen LogP contribution < -0.4 is 0 Å². The summed E-state index contributed by atoms with van der Waals surface area (Å²) < 4.78 is 25.8. The fraction of sp³-hybridized carbons (Fsp3) is 0.438. The fourth-order valence-electron chi connectivity index (χ4n) is 3.54. The number of para-hydroxylation sites is 1. The van der Waals surface area contributed by atoms with Crippen LogP contribution in [-0.2, 0) is 6.42 Å². The SMILES string of the molecule is O=C1c2c([nH]c3ccccc23)CCC1CN1CC(F)(F)C1. The normalized spacial score (nSPS) is 24.9. The Bertz CT molecular complexity index is 714. The summed E-state index contributed by atoms with van der Waals surface area (Å²) in [5.74, 6) is -2.62. The van der Waals surface area contributed by atoms with E-state index in [9.17, 15) is 13.6 Å². The van der Waals surface area contributed by atoms with E-state index >= 15 is 0 Å². The van der Waals surface area contributed by atoms with Gasteiger partial charge in [0.1, 0.15) is 0 Å². The van der Waals surface area contributed by atoms with Crippen LogP contribution in [0.4, 0.5) is 8.78 Å². The quantitative estimate of drug-likeness (QED) is 0.923. The first kappa shape index (κ1) is 13.0. The number of nitrogens with one attached hydrogen (secondary N) is 1. The predicted octanol–water partition coefficient (Wildman–Crippen LogP) is 2.86. The van der Waals surface area contributed by atoms with Crippen molar-refractivity contribution < 1.29 is 13.6 Å². The van der Waals surface area contributed by atoms with Crippen molar-refractivity contribution in [2.24, 2.45) is 5.92 Å². The Balaban J connectivity index is 1.60. The number of benzene rings is 1. The maximum Gasteiger partial charge on any atom is 0.272 e. The molecule has 1 atom stereocenters. The summed E-state index contributed by atoms with van der Waals surface area (Å²) >= 11 is 0. The summed E-state index contributed by atoms with van der Waals surface area (Å²) in [7, 11) is 0. The van der Waals surface area contributed by atoms with Gasteiger partial charge in [-0.25, -0.2) is 8.78 Å². The summed E-state index contributed by atoms with van der Waals surface area (Å²) in [5, 5.41) is 0.955. The summed E-state index contributed by atoms with van der Waals surface area (Å²) in [6.45, 7) is 0.0302. The number of fused-ring (bicyclic) bond motifs is 3. The molecule has 0 saturated carbocycles. The van der Waals surface area contributed by atoms with Crippen molar-refractivity contribution in [3.05, 3.63) is 35.5 Å². The van der Waals surface area contributed by atoms with Gasteiger partial charge in [-0.1, -0.05) is 18.2 Å². The van der Waals surface area contributed by atoms with Crippen molar-refractivity contribution >= 4 is 16.7 Å². The molecule has 1 N–H and O–H groups in total. The van der Waals surface area contributed by atoms with Crippen LogP contribution in [-0.4, -0.2) is 41.2 Å². The number of alkyl halides is 2. The summed E-state index contributed by atoms with van der Waals surface area (Å²) in [6, 6.07) is 7.77. The first-order valence-corrected chi connectivity index (χ1v) is 7.27. The molecule has 4 rings (SSSR count). The Morgan fingerprint density at radius 2 is 2.05 bits per heavy atom. The highest BCUT2D eigenvalue weighted by molar-refractivity contribution is 6.11. The molecule has 0 radical (unpaired) electrons. The average molecular weight is 290 g/mol. The molecule has 2 aromatic rings. The Labute approximate surface area is 120 Å². The average Bonchev–Trinajstić information content (AvgIpc) is 2.79. The third-order valence-electron chi connectivity index (χ3n) is 4.53. The summed E-state index contributed by atoms with van der Waals surface area (Å²) in [6.07, 6.45) is 1.55. The molecule has 110 valence electrons. The number of nitrogens with zero attached hydrogens (tertiary/aromatic N) is 1. The van der Waals surface area contributed by atoms with Crippen molar-refractivity contribution in [3.8, 4) is 0 Å². The van der Waals surface area contributed by atoms with Crippen LogP contribution in [0.15, 0.2) is 24.3 Å². The van der Waals surface area contributed by atoms with E-state index in [0.29, 0.717) is 6.54 Å². The largest absolute Gasteiger partial charge is 0.358 e. The van der Waals surface area contributed by atoms with E-state index in [-0.39, 0.29) is 24.8 Å². The van der Waals surface area contributed by atoms with Gasteiger partial charge in [0.25, 0.3) is 5.92 Å². The van der Waals surface area contributed by atoms with E-state index in [1.165, 1.54) is 0 Å². The van der Waals surface area contributed by atoms with E-state index in [0.717, 1.165) is 35.0 Å². The number of aromatic amines is 1. The van der Waals surface area contributed by atoms with Crippen molar-refractivity contribution in [1.82, 2.24) is 9.88 Å². The van der Waals surface area contributed by atoms with Gasteiger partial charge in [0.2, 0.25) is 0 Å². The predicted molar refractivity (Wildman–Crippen MR) is 75.8 cm³/mol. The highest BCUT2D eigenvalue weighted by Gasteiger charge is 2.45. The zero-order valence-corrected chi connectivity index (χ0v) is 11.5. The zero-order chi connectivity index (χ0) is 14.6. The molecule has 1 aromatic carbocycles. The number of hydrogen-bond acceptors (Lipinski definition) is 2. The molecule has 2 aliphatic rings. The van der Waals surface area contributed by atoms with Gasteiger partial charge in [0.15, 0.2) is 5.78 Å². The zero-order valence-electron chi connectivity index (χ0n) is 11.5. The summed E-state index contributed by atoms with van der Waals surface area (Å²) in [5.41, 5.74) is 2.74. The Hall–Kier alpha value is -1.75. The smallest absolute Gasteiger partial charge is 0.272 e. The maximum atomic E-state index is 12.9. The lowest BCUT2D eigenvalue weighted by Gasteiger charge is -2.40. The Morgan fingerprint density at radius 1 is 1.29 bits per heavy atom. The summed E-state index contributed by atoms with van der Waals surface area (Å²) in [4.78, 5) is 17.7. The minimum absolute atomic E-state index is 0.101. The molecular weight excluding hydrogens is 274 g/mol. The molecule has 0 bridgehead atoms. The van der Waals surface area contributed by atoms with Gasteiger partial charge in [-0.2, -0.15) is 0 Å². The van der Waals surface area contributed by atoms with Crippen molar-refractivity contribution in [1.29, 1.82) is 0 Å². The number of hydrogen-bond donors (Lipinski definition) is 1. The lowest BCUT2D eigenvalue weighted by molar-refractivity contribution is -0.133. The highest BCUT2D eigenvalue weighted by Crippen LogP contribution is 2.34. The molecule has 0 spiro atoms. The number of H-pyrrole nitrogens is 1. The second-order valence-electron chi connectivity index (χ2n) is 6.15. The van der Waals surface area contributed by atoms with Crippen LogP contribution in [0, 0.1) is 5.92 Å². The van der Waals surface area contributed by atoms with Gasteiger partial charge < -0.3 is 4.98 Å². The van der Waals surface area contributed by atoms with Crippen LogP contribution in [0.2, 0.25) is 0 Å². The molecule has 5 heteroatoms. The molecule has 1 aliphatic carbocycles.